The van der Waals surface area contributed by atoms with Gasteiger partial charge in [-0.2, -0.15) is 0 Å². The van der Waals surface area contributed by atoms with Crippen LogP contribution in [-0.2, 0) is 11.2 Å². The van der Waals surface area contributed by atoms with Crippen LogP contribution >= 0.6 is 0 Å². The molecule has 1 unspecified atom stereocenters. The highest BCUT2D eigenvalue weighted by molar-refractivity contribution is 5.77. The number of hydrogen-bond acceptors (Lipinski definition) is 6. The Labute approximate surface area is 182 Å². The molecule has 3 aromatic rings. The van der Waals surface area contributed by atoms with E-state index in [1.807, 2.05) is 53.4 Å². The summed E-state index contributed by atoms with van der Waals surface area (Å²) in [6.07, 6.45) is 3.60. The van der Waals surface area contributed by atoms with Crippen molar-refractivity contribution >= 4 is 5.91 Å². The third-order valence-electron chi connectivity index (χ3n) is 5.64. The van der Waals surface area contributed by atoms with Gasteiger partial charge in [0.1, 0.15) is 11.5 Å². The predicted molar refractivity (Wildman–Crippen MR) is 116 cm³/mol. The zero-order chi connectivity index (χ0) is 21.6. The number of carbonyl (C=O) groups is 1. The minimum atomic E-state index is 0.0291. The van der Waals surface area contributed by atoms with E-state index in [-0.39, 0.29) is 11.9 Å². The monoisotopic (exact) mass is 421 g/mol. The number of rotatable bonds is 8. The molecular weight excluding hydrogens is 394 g/mol. The fourth-order valence-electron chi connectivity index (χ4n) is 4.07. The number of benzene rings is 2. The molecule has 2 aromatic carbocycles. The van der Waals surface area contributed by atoms with Crippen LogP contribution in [0, 0.1) is 0 Å². The number of aromatic nitrogens is 2. The van der Waals surface area contributed by atoms with Crippen molar-refractivity contribution in [3.05, 3.63) is 60.0 Å². The van der Waals surface area contributed by atoms with Crippen molar-refractivity contribution in [3.63, 3.8) is 0 Å². The smallest absolute Gasteiger partial charge is 0.247 e. The van der Waals surface area contributed by atoms with Crippen LogP contribution < -0.4 is 9.47 Å². The summed E-state index contributed by atoms with van der Waals surface area (Å²) in [6.45, 7) is 0.761. The van der Waals surface area contributed by atoms with E-state index in [2.05, 4.69) is 10.2 Å². The fraction of sp³-hybridized carbons (Fsp3) is 0.375. The Morgan fingerprint density at radius 2 is 1.97 bits per heavy atom. The van der Waals surface area contributed by atoms with E-state index in [4.69, 9.17) is 13.9 Å². The van der Waals surface area contributed by atoms with Gasteiger partial charge in [-0.15, -0.1) is 10.2 Å². The van der Waals surface area contributed by atoms with Crippen molar-refractivity contribution in [3.8, 4) is 23.0 Å². The fourth-order valence-corrected chi connectivity index (χ4v) is 4.07. The lowest BCUT2D eigenvalue weighted by Gasteiger charge is -2.26. The summed E-state index contributed by atoms with van der Waals surface area (Å²) < 4.78 is 16.6. The maximum Gasteiger partial charge on any atom is 0.247 e. The summed E-state index contributed by atoms with van der Waals surface area (Å²) in [5.74, 6) is 2.70. The van der Waals surface area contributed by atoms with Crippen molar-refractivity contribution in [2.45, 2.75) is 38.1 Å². The highest BCUT2D eigenvalue weighted by atomic mass is 16.5. The highest BCUT2D eigenvalue weighted by Gasteiger charge is 2.31. The molecule has 0 saturated carbocycles. The molecule has 1 fully saturated rings. The largest absolute Gasteiger partial charge is 0.497 e. The quantitative estimate of drug-likeness (QED) is 0.535. The van der Waals surface area contributed by atoms with Gasteiger partial charge in [-0.05, 0) is 43.5 Å². The second kappa shape index (κ2) is 9.64. The third-order valence-corrected chi connectivity index (χ3v) is 5.64. The number of nitrogens with zero attached hydrogens (tertiary/aromatic N) is 3. The van der Waals surface area contributed by atoms with E-state index < -0.39 is 0 Å². The molecule has 0 N–H and O–H groups in total. The molecule has 1 saturated heterocycles. The van der Waals surface area contributed by atoms with Gasteiger partial charge < -0.3 is 18.8 Å². The Balaban J connectivity index is 1.36. The van der Waals surface area contributed by atoms with Crippen LogP contribution in [0.2, 0.25) is 0 Å². The number of aryl methyl sites for hydroxylation is 1. The second-order valence-electron chi connectivity index (χ2n) is 7.57. The third kappa shape index (κ3) is 4.71. The molecule has 0 radical (unpaired) electrons. The summed E-state index contributed by atoms with van der Waals surface area (Å²) in [4.78, 5) is 14.9. The van der Waals surface area contributed by atoms with Crippen molar-refractivity contribution in [1.82, 2.24) is 15.1 Å². The standard InChI is InChI=1S/C24H27N3O4/c1-29-18-13-14-19(21(16-18)30-2)20-10-7-15-27(20)23(28)12-6-11-22-25-26-24(31-22)17-8-4-3-5-9-17/h3-5,8-9,13-14,16,20H,6-7,10-12,15H2,1-2H3. The summed E-state index contributed by atoms with van der Waals surface area (Å²) in [6, 6.07) is 15.5. The molecule has 162 valence electrons. The van der Waals surface area contributed by atoms with Crippen LogP contribution in [0.5, 0.6) is 11.5 Å². The van der Waals surface area contributed by atoms with E-state index in [1.165, 1.54) is 0 Å². The minimum Gasteiger partial charge on any atom is -0.497 e. The Kier molecular flexibility index (Phi) is 6.50. The first-order valence-corrected chi connectivity index (χ1v) is 10.6. The van der Waals surface area contributed by atoms with Crippen LogP contribution in [0.1, 0.15) is 43.2 Å². The zero-order valence-electron chi connectivity index (χ0n) is 17.9. The normalized spacial score (nSPS) is 15.8. The molecule has 1 aliphatic heterocycles. The average molecular weight is 421 g/mol. The predicted octanol–water partition coefficient (Wildman–Crippen LogP) is 4.44. The molecule has 0 spiro atoms. The SMILES string of the molecule is COc1ccc(C2CCCN2C(=O)CCCc2nnc(-c3ccccc3)o2)c(OC)c1. The van der Waals surface area contributed by atoms with Crippen molar-refractivity contribution in [2.75, 3.05) is 20.8 Å². The van der Waals surface area contributed by atoms with E-state index in [0.717, 1.165) is 42.0 Å². The lowest BCUT2D eigenvalue weighted by Crippen LogP contribution is -2.30. The Morgan fingerprint density at radius 3 is 2.74 bits per heavy atom. The number of amides is 1. The number of ether oxygens (including phenoxy) is 2. The summed E-state index contributed by atoms with van der Waals surface area (Å²) in [5.41, 5.74) is 1.92. The Bertz CT molecular complexity index is 1020. The lowest BCUT2D eigenvalue weighted by molar-refractivity contribution is -0.132. The Morgan fingerprint density at radius 1 is 1.13 bits per heavy atom. The molecule has 7 nitrogen and oxygen atoms in total. The molecule has 1 atom stereocenters. The Hall–Kier alpha value is -3.35. The lowest BCUT2D eigenvalue weighted by atomic mass is 10.0. The van der Waals surface area contributed by atoms with Gasteiger partial charge >= 0.3 is 0 Å². The first-order valence-electron chi connectivity index (χ1n) is 10.6. The van der Waals surface area contributed by atoms with Gasteiger partial charge in [0.25, 0.3) is 0 Å². The van der Waals surface area contributed by atoms with Gasteiger partial charge in [0.05, 0.1) is 20.3 Å². The van der Waals surface area contributed by atoms with E-state index in [0.29, 0.717) is 31.0 Å². The van der Waals surface area contributed by atoms with Crippen molar-refractivity contribution < 1.29 is 18.7 Å². The van der Waals surface area contributed by atoms with Gasteiger partial charge in [0.15, 0.2) is 0 Å². The zero-order valence-corrected chi connectivity index (χ0v) is 17.9. The van der Waals surface area contributed by atoms with Crippen molar-refractivity contribution in [1.29, 1.82) is 0 Å². The van der Waals surface area contributed by atoms with Gasteiger partial charge in [-0.1, -0.05) is 18.2 Å². The molecule has 4 rings (SSSR count). The van der Waals surface area contributed by atoms with E-state index in [1.54, 1.807) is 14.2 Å². The highest BCUT2D eigenvalue weighted by Crippen LogP contribution is 2.39. The molecule has 31 heavy (non-hydrogen) atoms. The minimum absolute atomic E-state index is 0.0291. The van der Waals surface area contributed by atoms with E-state index >= 15 is 0 Å². The number of carbonyl (C=O) groups excluding carboxylic acids is 1. The summed E-state index contributed by atoms with van der Waals surface area (Å²) >= 11 is 0. The first-order chi connectivity index (χ1) is 15.2. The maximum atomic E-state index is 13.0. The molecule has 0 bridgehead atoms. The van der Waals surface area contributed by atoms with Crippen LogP contribution in [-0.4, -0.2) is 41.8 Å². The molecule has 2 heterocycles. The van der Waals surface area contributed by atoms with Crippen LogP contribution in [0.4, 0.5) is 0 Å². The van der Waals surface area contributed by atoms with Gasteiger partial charge in [-0.3, -0.25) is 4.79 Å². The van der Waals surface area contributed by atoms with Gasteiger partial charge in [0.2, 0.25) is 17.7 Å². The van der Waals surface area contributed by atoms with Gasteiger partial charge in [0, 0.05) is 36.6 Å². The molecule has 1 amide bonds. The first kappa shape index (κ1) is 20.9. The topological polar surface area (TPSA) is 77.7 Å². The average Bonchev–Trinajstić information content (AvgIpc) is 3.49. The molecular formula is C24H27N3O4. The summed E-state index contributed by atoms with van der Waals surface area (Å²) in [5, 5.41) is 8.23. The molecule has 0 aliphatic carbocycles. The van der Waals surface area contributed by atoms with Crippen LogP contribution in [0.3, 0.4) is 0 Å². The number of hydrogen-bond donors (Lipinski definition) is 0. The number of likely N-dealkylation sites (tertiary alicyclic amines) is 1. The summed E-state index contributed by atoms with van der Waals surface area (Å²) in [7, 11) is 3.28. The maximum absolute atomic E-state index is 13.0. The van der Waals surface area contributed by atoms with Crippen molar-refractivity contribution in [2.24, 2.45) is 0 Å². The molecule has 1 aliphatic rings. The second-order valence-corrected chi connectivity index (χ2v) is 7.57. The van der Waals surface area contributed by atoms with Crippen LogP contribution in [0.15, 0.2) is 52.9 Å². The van der Waals surface area contributed by atoms with E-state index in [9.17, 15) is 4.79 Å². The van der Waals surface area contributed by atoms with Crippen LogP contribution in [0.25, 0.3) is 11.5 Å². The molecule has 7 heteroatoms. The molecule has 1 aromatic heterocycles. The number of methoxy groups -OCH3 is 2. The van der Waals surface area contributed by atoms with Gasteiger partial charge in [-0.25, -0.2) is 0 Å².